The molecule has 0 unspecified atom stereocenters. The van der Waals surface area contributed by atoms with Crippen LogP contribution in [0.4, 0.5) is 11.5 Å². The summed E-state index contributed by atoms with van der Waals surface area (Å²) in [5, 5.41) is 4.01. The summed E-state index contributed by atoms with van der Waals surface area (Å²) in [4.78, 5) is 18.8. The average Bonchev–Trinajstić information content (AvgIpc) is 2.67. The minimum Gasteiger partial charge on any atom is -0.437 e. The van der Waals surface area contributed by atoms with E-state index in [1.54, 1.807) is 25.3 Å². The highest BCUT2D eigenvalue weighted by molar-refractivity contribution is 6.30. The summed E-state index contributed by atoms with van der Waals surface area (Å²) in [5.74, 6) is 0.731. The first-order valence-corrected chi connectivity index (χ1v) is 10.2. The number of nitrogens with two attached hydrogens (primary N) is 1. The number of methoxy groups -OCH3 is 1. The summed E-state index contributed by atoms with van der Waals surface area (Å²) < 4.78 is 11.6. The molecule has 0 saturated heterocycles. The van der Waals surface area contributed by atoms with Crippen LogP contribution >= 0.6 is 11.6 Å². The van der Waals surface area contributed by atoms with Crippen molar-refractivity contribution in [2.24, 2.45) is 5.73 Å². The Morgan fingerprint density at radius 1 is 1.27 bits per heavy atom. The van der Waals surface area contributed by atoms with Gasteiger partial charge in [-0.25, -0.2) is 0 Å². The first kappa shape index (κ1) is 23.8. The highest BCUT2D eigenvalue weighted by Gasteiger charge is 2.24. The third-order valence-corrected chi connectivity index (χ3v) is 5.24. The number of carbonyl (C=O) groups excluding carboxylic acids is 1. The number of benzene rings is 1. The number of anilines is 2. The van der Waals surface area contributed by atoms with Crippen molar-refractivity contribution < 1.29 is 14.3 Å². The van der Waals surface area contributed by atoms with Crippen LogP contribution in [0.2, 0.25) is 5.02 Å². The van der Waals surface area contributed by atoms with Gasteiger partial charge in [-0.2, -0.15) is 4.98 Å². The molecule has 2 atom stereocenters. The topological polar surface area (TPSA) is 89.7 Å². The summed E-state index contributed by atoms with van der Waals surface area (Å²) >= 11 is 6.14. The van der Waals surface area contributed by atoms with Crippen molar-refractivity contribution in [1.82, 2.24) is 4.98 Å². The Kier molecular flexibility index (Phi) is 7.92. The smallest absolute Gasteiger partial charge is 0.256 e. The van der Waals surface area contributed by atoms with Crippen molar-refractivity contribution in [2.45, 2.75) is 46.3 Å². The first-order chi connectivity index (χ1) is 14.1. The summed E-state index contributed by atoms with van der Waals surface area (Å²) in [6, 6.07) is 5.36. The van der Waals surface area contributed by atoms with Gasteiger partial charge in [0.1, 0.15) is 17.1 Å². The number of pyridine rings is 1. The molecule has 0 radical (unpaired) electrons. The van der Waals surface area contributed by atoms with Crippen molar-refractivity contribution in [3.05, 3.63) is 39.9 Å². The number of nitrogens with zero attached hydrogens (tertiary/aromatic N) is 2. The molecule has 7 nitrogen and oxygen atoms in total. The van der Waals surface area contributed by atoms with Gasteiger partial charge >= 0.3 is 0 Å². The van der Waals surface area contributed by atoms with E-state index in [1.807, 2.05) is 46.7 Å². The van der Waals surface area contributed by atoms with Crippen LogP contribution in [-0.2, 0) is 4.74 Å². The second-order valence-corrected chi connectivity index (χ2v) is 7.97. The fourth-order valence-corrected chi connectivity index (χ4v) is 3.56. The molecular formula is C22H31ClN4O3. The molecule has 0 bridgehead atoms. The second kappa shape index (κ2) is 10.00. The van der Waals surface area contributed by atoms with Gasteiger partial charge in [0.05, 0.1) is 17.8 Å². The van der Waals surface area contributed by atoms with E-state index in [2.05, 4.69) is 10.3 Å². The summed E-state index contributed by atoms with van der Waals surface area (Å²) in [7, 11) is 5.39. The average molecular weight is 435 g/mol. The lowest BCUT2D eigenvalue weighted by molar-refractivity contribution is 0.0984. The third-order valence-electron chi connectivity index (χ3n) is 5.02. The highest BCUT2D eigenvalue weighted by atomic mass is 35.5. The lowest BCUT2D eigenvalue weighted by atomic mass is 10.1. The van der Waals surface area contributed by atoms with Crippen LogP contribution in [0.1, 0.15) is 41.8 Å². The van der Waals surface area contributed by atoms with Gasteiger partial charge in [0.25, 0.3) is 5.91 Å². The molecule has 0 saturated carbocycles. The molecular weight excluding hydrogens is 404 g/mol. The molecule has 0 aliphatic rings. The zero-order chi connectivity index (χ0) is 22.6. The van der Waals surface area contributed by atoms with Gasteiger partial charge in [0.2, 0.25) is 5.88 Å². The SMILES string of the molecule is CC[C@H](Nc1cc(N(C)C)nc(Oc2c(C)cc(Cl)cc2C)c1C(N)=O)[C@H](C)OC. The normalized spacial score (nSPS) is 12.9. The van der Waals surface area contributed by atoms with Crippen molar-refractivity contribution in [3.63, 3.8) is 0 Å². The first-order valence-electron chi connectivity index (χ1n) is 9.85. The van der Waals surface area contributed by atoms with Crippen LogP contribution in [0.25, 0.3) is 0 Å². The molecule has 30 heavy (non-hydrogen) atoms. The van der Waals surface area contributed by atoms with E-state index >= 15 is 0 Å². The number of nitrogens with one attached hydrogen (secondary N) is 1. The van der Waals surface area contributed by atoms with E-state index in [0.717, 1.165) is 17.5 Å². The fraction of sp³-hybridized carbons (Fsp3) is 0.455. The van der Waals surface area contributed by atoms with Crippen molar-refractivity contribution >= 4 is 29.0 Å². The number of hydrogen-bond donors (Lipinski definition) is 2. The Balaban J connectivity index is 2.64. The number of aryl methyl sites for hydroxylation is 2. The zero-order valence-corrected chi connectivity index (χ0v) is 19.4. The van der Waals surface area contributed by atoms with E-state index in [4.69, 9.17) is 26.8 Å². The molecule has 164 valence electrons. The standard InChI is InChI=1S/C22H31ClN4O3/c1-8-16(14(4)29-7)25-17-11-18(27(5)6)26-22(19(17)21(24)28)30-20-12(2)9-15(23)10-13(20)3/h9-11,14,16H,8H2,1-7H3,(H2,24,28)(H,25,26)/t14-,16-/m0/s1. The fourth-order valence-electron chi connectivity index (χ4n) is 3.23. The number of ether oxygens (including phenoxy) is 2. The molecule has 1 heterocycles. The monoisotopic (exact) mass is 434 g/mol. The number of rotatable bonds is 9. The Morgan fingerprint density at radius 3 is 2.33 bits per heavy atom. The Bertz CT molecular complexity index is 894. The van der Waals surface area contributed by atoms with Gasteiger partial charge < -0.3 is 25.4 Å². The van der Waals surface area contributed by atoms with Crippen LogP contribution in [0, 0.1) is 13.8 Å². The molecule has 1 amide bonds. The predicted octanol–water partition coefficient (Wildman–Crippen LogP) is 4.53. The minimum absolute atomic E-state index is 0.0302. The van der Waals surface area contributed by atoms with Crippen molar-refractivity contribution in [2.75, 3.05) is 31.4 Å². The van der Waals surface area contributed by atoms with Gasteiger partial charge in [-0.05, 0) is 50.5 Å². The molecule has 3 N–H and O–H groups in total. The lowest BCUT2D eigenvalue weighted by Crippen LogP contribution is -2.33. The van der Waals surface area contributed by atoms with Crippen LogP contribution < -0.4 is 20.7 Å². The minimum atomic E-state index is -0.630. The van der Waals surface area contributed by atoms with Crippen molar-refractivity contribution in [3.8, 4) is 11.6 Å². The predicted molar refractivity (Wildman–Crippen MR) is 122 cm³/mol. The molecule has 2 rings (SSSR count). The van der Waals surface area contributed by atoms with E-state index in [9.17, 15) is 4.79 Å². The maximum absolute atomic E-state index is 12.4. The Hall–Kier alpha value is -2.51. The number of hydrogen-bond acceptors (Lipinski definition) is 6. The molecule has 0 aliphatic heterocycles. The molecule has 8 heteroatoms. The van der Waals surface area contributed by atoms with Gasteiger partial charge in [0.15, 0.2) is 0 Å². The molecule has 0 spiro atoms. The number of amides is 1. The van der Waals surface area contributed by atoms with Gasteiger partial charge in [-0.3, -0.25) is 4.79 Å². The molecule has 1 aromatic carbocycles. The maximum atomic E-state index is 12.4. The quantitative estimate of drug-likeness (QED) is 0.602. The molecule has 0 fully saturated rings. The number of aromatic nitrogens is 1. The zero-order valence-electron chi connectivity index (χ0n) is 18.7. The Morgan fingerprint density at radius 2 is 1.87 bits per heavy atom. The molecule has 2 aromatic rings. The molecule has 0 aliphatic carbocycles. The maximum Gasteiger partial charge on any atom is 0.256 e. The number of carbonyl (C=O) groups is 1. The summed E-state index contributed by atoms with van der Waals surface area (Å²) in [6.07, 6.45) is 0.718. The second-order valence-electron chi connectivity index (χ2n) is 7.54. The van der Waals surface area contributed by atoms with Crippen LogP contribution in [0.3, 0.4) is 0 Å². The van der Waals surface area contributed by atoms with Crippen LogP contribution in [0.5, 0.6) is 11.6 Å². The van der Waals surface area contributed by atoms with E-state index in [0.29, 0.717) is 22.3 Å². The number of halogens is 1. The third kappa shape index (κ3) is 5.34. The van der Waals surface area contributed by atoms with Crippen LogP contribution in [-0.4, -0.2) is 44.2 Å². The highest BCUT2D eigenvalue weighted by Crippen LogP contribution is 2.36. The van der Waals surface area contributed by atoms with E-state index < -0.39 is 5.91 Å². The van der Waals surface area contributed by atoms with Crippen LogP contribution in [0.15, 0.2) is 18.2 Å². The summed E-state index contributed by atoms with van der Waals surface area (Å²) in [5.41, 5.74) is 8.17. The largest absolute Gasteiger partial charge is 0.437 e. The number of primary amides is 1. The van der Waals surface area contributed by atoms with Gasteiger partial charge in [-0.15, -0.1) is 0 Å². The molecule has 1 aromatic heterocycles. The summed E-state index contributed by atoms with van der Waals surface area (Å²) in [6.45, 7) is 7.79. The van der Waals surface area contributed by atoms with E-state index in [-0.39, 0.29) is 23.6 Å². The van der Waals surface area contributed by atoms with Crippen molar-refractivity contribution in [1.29, 1.82) is 0 Å². The van der Waals surface area contributed by atoms with Gasteiger partial charge in [0, 0.05) is 32.3 Å². The van der Waals surface area contributed by atoms with E-state index in [1.165, 1.54) is 0 Å². The lowest BCUT2D eigenvalue weighted by Gasteiger charge is -2.26. The van der Waals surface area contributed by atoms with Gasteiger partial charge in [-0.1, -0.05) is 18.5 Å². The Labute approximate surface area is 183 Å².